The van der Waals surface area contributed by atoms with Crippen molar-refractivity contribution in [3.8, 4) is 0 Å². The zero-order valence-electron chi connectivity index (χ0n) is 8.38. The molecule has 0 spiro atoms. The van der Waals surface area contributed by atoms with Crippen molar-refractivity contribution in [2.24, 2.45) is 11.1 Å². The lowest BCUT2D eigenvalue weighted by molar-refractivity contribution is 0.601. The van der Waals surface area contributed by atoms with Gasteiger partial charge >= 0.3 is 0 Å². The van der Waals surface area contributed by atoms with Gasteiger partial charge in [0.1, 0.15) is 5.82 Å². The van der Waals surface area contributed by atoms with Crippen molar-refractivity contribution in [2.45, 2.75) is 18.7 Å². The van der Waals surface area contributed by atoms with Crippen LogP contribution >= 0.6 is 11.9 Å². The number of nitrogens with two attached hydrogens (primary N) is 1. The predicted molar refractivity (Wildman–Crippen MR) is 60.3 cm³/mol. The molecular weight excluding hydrogens is 197 g/mol. The van der Waals surface area contributed by atoms with Gasteiger partial charge < -0.3 is 0 Å². The quantitative estimate of drug-likeness (QED) is 0.775. The average Bonchev–Trinajstić information content (AvgIpc) is 2.17. The Labute approximate surface area is 88.3 Å². The van der Waals surface area contributed by atoms with Gasteiger partial charge in [0.25, 0.3) is 0 Å². The molecule has 76 valence electrons. The molecular formula is C11H14FNS. The molecule has 0 fully saturated rings. The van der Waals surface area contributed by atoms with Gasteiger partial charge in [-0.05, 0) is 41.1 Å². The highest BCUT2D eigenvalue weighted by molar-refractivity contribution is 7.97. The molecule has 1 aromatic rings. The van der Waals surface area contributed by atoms with E-state index in [0.717, 1.165) is 23.1 Å². The Morgan fingerprint density at radius 2 is 2.14 bits per heavy atom. The molecule has 0 aliphatic heterocycles. The normalized spacial score (nSPS) is 10.6. The van der Waals surface area contributed by atoms with Crippen LogP contribution in [-0.4, -0.2) is 0 Å². The summed E-state index contributed by atoms with van der Waals surface area (Å²) in [5.74, 6) is 0.0777. The van der Waals surface area contributed by atoms with Gasteiger partial charge in [-0.2, -0.15) is 0 Å². The lowest BCUT2D eigenvalue weighted by Crippen LogP contribution is -1.94. The zero-order valence-corrected chi connectivity index (χ0v) is 9.20. The molecule has 0 aliphatic rings. The van der Waals surface area contributed by atoms with Gasteiger partial charge in [0, 0.05) is 0 Å². The van der Waals surface area contributed by atoms with Crippen LogP contribution in [0.4, 0.5) is 4.39 Å². The largest absolute Gasteiger partial charge is 0.274 e. The molecule has 0 atom stereocenters. The summed E-state index contributed by atoms with van der Waals surface area (Å²) in [6, 6.07) is 4.90. The first-order valence-corrected chi connectivity index (χ1v) is 5.29. The fourth-order valence-corrected chi connectivity index (χ4v) is 1.50. The van der Waals surface area contributed by atoms with E-state index in [0.29, 0.717) is 10.8 Å². The molecule has 1 aromatic carbocycles. The van der Waals surface area contributed by atoms with Gasteiger partial charge in [0.05, 0.1) is 4.90 Å². The molecule has 14 heavy (non-hydrogen) atoms. The van der Waals surface area contributed by atoms with E-state index >= 15 is 0 Å². The molecule has 2 N–H and O–H groups in total. The zero-order chi connectivity index (χ0) is 10.7. The third kappa shape index (κ3) is 2.36. The van der Waals surface area contributed by atoms with Gasteiger partial charge in [-0.25, -0.2) is 4.39 Å². The molecule has 3 heteroatoms. The van der Waals surface area contributed by atoms with Gasteiger partial charge in [0.15, 0.2) is 0 Å². The highest BCUT2D eigenvalue weighted by atomic mass is 32.2. The second-order valence-electron chi connectivity index (χ2n) is 3.44. The lowest BCUT2D eigenvalue weighted by atomic mass is 9.97. The fraction of sp³-hybridized carbons (Fsp3) is 0.273. The first kappa shape index (κ1) is 11.3. The first-order chi connectivity index (χ1) is 6.56. The van der Waals surface area contributed by atoms with Crippen molar-refractivity contribution in [2.75, 3.05) is 0 Å². The molecule has 0 saturated carbocycles. The summed E-state index contributed by atoms with van der Waals surface area (Å²) >= 11 is 0.923. The second-order valence-corrected chi connectivity index (χ2v) is 4.12. The summed E-state index contributed by atoms with van der Waals surface area (Å²) in [5.41, 5.74) is 1.95. The van der Waals surface area contributed by atoms with Crippen molar-refractivity contribution in [3.05, 3.63) is 36.2 Å². The summed E-state index contributed by atoms with van der Waals surface area (Å²) in [6.07, 6.45) is 0. The molecule has 0 aliphatic carbocycles. The Morgan fingerprint density at radius 3 is 2.64 bits per heavy atom. The Hall–Kier alpha value is -0.800. The monoisotopic (exact) mass is 211 g/mol. The maximum absolute atomic E-state index is 13.1. The van der Waals surface area contributed by atoms with E-state index in [2.05, 4.69) is 20.4 Å². The third-order valence-corrected chi connectivity index (χ3v) is 2.69. The maximum Gasteiger partial charge on any atom is 0.138 e. The minimum atomic E-state index is -0.280. The van der Waals surface area contributed by atoms with Crippen LogP contribution in [0.3, 0.4) is 0 Å². The standard InChI is InChI=1S/C11H14FNS/c1-7(2)8(3)9-4-5-10(12)11(6-9)14-13/h4-7H,3,13H2,1-2H3. The van der Waals surface area contributed by atoms with Gasteiger partial charge in [-0.3, -0.25) is 5.14 Å². The first-order valence-electron chi connectivity index (χ1n) is 4.41. The molecule has 0 bridgehead atoms. The second kappa shape index (κ2) is 4.62. The SMILES string of the molecule is C=C(c1ccc(F)c(SN)c1)C(C)C. The van der Waals surface area contributed by atoms with Crippen LogP contribution in [0.1, 0.15) is 19.4 Å². The summed E-state index contributed by atoms with van der Waals surface area (Å²) < 4.78 is 13.1. The number of benzene rings is 1. The molecule has 0 aromatic heterocycles. The minimum Gasteiger partial charge on any atom is -0.274 e. The van der Waals surface area contributed by atoms with E-state index in [1.165, 1.54) is 6.07 Å². The highest BCUT2D eigenvalue weighted by Crippen LogP contribution is 2.25. The Morgan fingerprint density at radius 1 is 1.50 bits per heavy atom. The highest BCUT2D eigenvalue weighted by Gasteiger charge is 2.07. The van der Waals surface area contributed by atoms with E-state index < -0.39 is 0 Å². The van der Waals surface area contributed by atoms with Gasteiger partial charge in [-0.1, -0.05) is 26.5 Å². The van der Waals surface area contributed by atoms with Gasteiger partial charge in [0.2, 0.25) is 0 Å². The number of rotatable bonds is 3. The van der Waals surface area contributed by atoms with Crippen LogP contribution in [0.5, 0.6) is 0 Å². The van der Waals surface area contributed by atoms with E-state index in [9.17, 15) is 4.39 Å². The lowest BCUT2D eigenvalue weighted by Gasteiger charge is -2.10. The van der Waals surface area contributed by atoms with Crippen molar-refractivity contribution < 1.29 is 4.39 Å². The van der Waals surface area contributed by atoms with E-state index in [1.807, 2.05) is 0 Å². The number of hydrogen-bond donors (Lipinski definition) is 1. The van der Waals surface area contributed by atoms with Crippen LogP contribution in [-0.2, 0) is 0 Å². The van der Waals surface area contributed by atoms with Crippen molar-refractivity contribution in [3.63, 3.8) is 0 Å². The van der Waals surface area contributed by atoms with E-state index in [1.54, 1.807) is 12.1 Å². The fourth-order valence-electron chi connectivity index (χ4n) is 1.13. The topological polar surface area (TPSA) is 26.0 Å². The summed E-state index contributed by atoms with van der Waals surface area (Å²) in [7, 11) is 0. The van der Waals surface area contributed by atoms with Crippen molar-refractivity contribution >= 4 is 17.5 Å². The summed E-state index contributed by atoms with van der Waals surface area (Å²) in [6.45, 7) is 8.07. The van der Waals surface area contributed by atoms with E-state index in [-0.39, 0.29) is 5.82 Å². The number of allylic oxidation sites excluding steroid dienone is 1. The number of halogens is 1. The van der Waals surface area contributed by atoms with Crippen LogP contribution in [0.25, 0.3) is 5.57 Å². The Bertz CT molecular complexity index is 347. The Kier molecular flexibility index (Phi) is 3.72. The number of hydrogen-bond acceptors (Lipinski definition) is 2. The predicted octanol–water partition coefficient (Wildman–Crippen LogP) is 3.46. The average molecular weight is 211 g/mol. The van der Waals surface area contributed by atoms with Crippen LogP contribution in [0.15, 0.2) is 29.7 Å². The summed E-state index contributed by atoms with van der Waals surface area (Å²) in [5, 5.41) is 5.34. The molecule has 0 amide bonds. The Balaban J connectivity index is 3.06. The minimum absolute atomic E-state index is 0.280. The molecule has 1 rings (SSSR count). The maximum atomic E-state index is 13.1. The summed E-state index contributed by atoms with van der Waals surface area (Å²) in [4.78, 5) is 0.462. The van der Waals surface area contributed by atoms with Crippen molar-refractivity contribution in [1.29, 1.82) is 0 Å². The molecule has 1 nitrogen and oxygen atoms in total. The van der Waals surface area contributed by atoms with Crippen molar-refractivity contribution in [1.82, 2.24) is 0 Å². The molecule has 0 unspecified atom stereocenters. The molecule has 0 radical (unpaired) electrons. The molecule has 0 heterocycles. The third-order valence-electron chi connectivity index (χ3n) is 2.13. The molecule has 0 saturated heterocycles. The van der Waals surface area contributed by atoms with Crippen LogP contribution < -0.4 is 5.14 Å². The van der Waals surface area contributed by atoms with E-state index in [4.69, 9.17) is 5.14 Å². The van der Waals surface area contributed by atoms with Gasteiger partial charge in [-0.15, -0.1) is 0 Å². The van der Waals surface area contributed by atoms with Crippen LogP contribution in [0.2, 0.25) is 0 Å². The van der Waals surface area contributed by atoms with Crippen LogP contribution in [0, 0.1) is 11.7 Å². The smallest absolute Gasteiger partial charge is 0.138 e.